The number of ether oxygens (including phenoxy) is 3. The van der Waals surface area contributed by atoms with Gasteiger partial charge in [0.25, 0.3) is 5.97 Å². The van der Waals surface area contributed by atoms with Crippen molar-refractivity contribution in [1.29, 1.82) is 15.8 Å². The molecule has 0 aliphatic carbocycles. The molecule has 0 aromatic carbocycles. The molecule has 17 heavy (non-hydrogen) atoms. The molecule has 6 nitrogen and oxygen atoms in total. The summed E-state index contributed by atoms with van der Waals surface area (Å²) in [5, 5.41) is 25.2. The van der Waals surface area contributed by atoms with E-state index in [0.29, 0.717) is 0 Å². The van der Waals surface area contributed by atoms with Crippen molar-refractivity contribution in [2.75, 3.05) is 19.8 Å². The van der Waals surface area contributed by atoms with Crippen LogP contribution in [0.4, 0.5) is 0 Å². The van der Waals surface area contributed by atoms with Gasteiger partial charge in [0, 0.05) is 6.92 Å². The second-order valence-electron chi connectivity index (χ2n) is 3.13. The largest absolute Gasteiger partial charge is 0.327 e. The van der Waals surface area contributed by atoms with E-state index in [1.165, 1.54) is 0 Å². The first-order valence-corrected chi connectivity index (χ1v) is 5.21. The molecule has 0 aliphatic rings. The highest BCUT2D eigenvalue weighted by molar-refractivity contribution is 4.71. The van der Waals surface area contributed by atoms with Gasteiger partial charge in [-0.15, -0.1) is 0 Å². The molecule has 0 fully saturated rings. The van der Waals surface area contributed by atoms with Crippen LogP contribution in [0.1, 0.15) is 26.2 Å². The van der Waals surface area contributed by atoms with Gasteiger partial charge in [-0.05, 0) is 0 Å². The van der Waals surface area contributed by atoms with Gasteiger partial charge in [-0.1, -0.05) is 0 Å². The van der Waals surface area contributed by atoms with Crippen LogP contribution in [0.3, 0.4) is 0 Å². The Morgan fingerprint density at radius 1 is 0.765 bits per heavy atom. The Kier molecular flexibility index (Phi) is 8.64. The first-order chi connectivity index (χ1) is 8.18. The maximum Gasteiger partial charge on any atom is 0.279 e. The Bertz CT molecular complexity index is 274. The van der Waals surface area contributed by atoms with Crippen LogP contribution < -0.4 is 0 Å². The molecule has 0 heterocycles. The van der Waals surface area contributed by atoms with Gasteiger partial charge in [-0.3, -0.25) is 0 Å². The van der Waals surface area contributed by atoms with E-state index in [9.17, 15) is 0 Å². The van der Waals surface area contributed by atoms with E-state index >= 15 is 0 Å². The van der Waals surface area contributed by atoms with Crippen LogP contribution in [0.15, 0.2) is 0 Å². The molecule has 0 saturated heterocycles. The van der Waals surface area contributed by atoms with Crippen molar-refractivity contribution in [3.8, 4) is 18.2 Å². The molecule has 0 rings (SSSR count). The first kappa shape index (κ1) is 15.3. The van der Waals surface area contributed by atoms with Crippen LogP contribution in [0.2, 0.25) is 0 Å². The van der Waals surface area contributed by atoms with Crippen LogP contribution in [-0.2, 0) is 14.2 Å². The molecule has 92 valence electrons. The topological polar surface area (TPSA) is 99.1 Å². The highest BCUT2D eigenvalue weighted by Gasteiger charge is 2.26. The molecule has 0 amide bonds. The van der Waals surface area contributed by atoms with Crippen LogP contribution in [0, 0.1) is 34.0 Å². The van der Waals surface area contributed by atoms with Crippen LogP contribution in [-0.4, -0.2) is 25.8 Å². The van der Waals surface area contributed by atoms with Gasteiger partial charge in [0.2, 0.25) is 0 Å². The monoisotopic (exact) mass is 237 g/mol. The third-order valence-corrected chi connectivity index (χ3v) is 1.73. The molecule has 0 unspecified atom stereocenters. The molecule has 0 aliphatic heterocycles. The third kappa shape index (κ3) is 8.19. The first-order valence-electron chi connectivity index (χ1n) is 5.21. The molecule has 0 saturated carbocycles. The second kappa shape index (κ2) is 9.57. The van der Waals surface area contributed by atoms with E-state index in [4.69, 9.17) is 30.0 Å². The summed E-state index contributed by atoms with van der Waals surface area (Å²) in [7, 11) is 0. The lowest BCUT2D eigenvalue weighted by molar-refractivity contribution is -0.368. The molecular formula is C11H15N3O3. The van der Waals surface area contributed by atoms with Crippen molar-refractivity contribution in [2.45, 2.75) is 32.2 Å². The van der Waals surface area contributed by atoms with Gasteiger partial charge in [-0.25, -0.2) is 0 Å². The maximum atomic E-state index is 8.39. The minimum atomic E-state index is -1.30. The molecular weight excluding hydrogens is 222 g/mol. The number of nitrogens with zero attached hydrogens (tertiary/aromatic N) is 3. The lowest BCUT2D eigenvalue weighted by Crippen LogP contribution is -2.36. The minimum Gasteiger partial charge on any atom is -0.327 e. The summed E-state index contributed by atoms with van der Waals surface area (Å²) in [5.74, 6) is -1.30. The molecule has 0 radical (unpaired) electrons. The summed E-state index contributed by atoms with van der Waals surface area (Å²) in [4.78, 5) is 0. The summed E-state index contributed by atoms with van der Waals surface area (Å²) in [6, 6.07) is 5.80. The predicted molar refractivity (Wildman–Crippen MR) is 57.0 cm³/mol. The molecule has 0 bridgehead atoms. The number of nitriles is 3. The number of hydrogen-bond acceptors (Lipinski definition) is 6. The number of hydrogen-bond donors (Lipinski definition) is 0. The lowest BCUT2D eigenvalue weighted by Gasteiger charge is -2.28. The molecule has 0 N–H and O–H groups in total. The fourth-order valence-electron chi connectivity index (χ4n) is 0.971. The Morgan fingerprint density at radius 3 is 1.29 bits per heavy atom. The van der Waals surface area contributed by atoms with Crippen molar-refractivity contribution in [1.82, 2.24) is 0 Å². The summed E-state index contributed by atoms with van der Waals surface area (Å²) in [5.41, 5.74) is 0. The Labute approximate surface area is 101 Å². The quantitative estimate of drug-likeness (QED) is 0.444. The zero-order valence-electron chi connectivity index (χ0n) is 9.81. The third-order valence-electron chi connectivity index (χ3n) is 1.73. The van der Waals surface area contributed by atoms with E-state index in [1.54, 1.807) is 6.92 Å². The fourth-order valence-corrected chi connectivity index (χ4v) is 0.971. The molecule has 0 spiro atoms. The predicted octanol–water partition coefficient (Wildman–Crippen LogP) is 1.45. The SMILES string of the molecule is CC(OCCC#N)(OCCC#N)OCCC#N. The van der Waals surface area contributed by atoms with Gasteiger partial charge in [-0.2, -0.15) is 15.8 Å². The van der Waals surface area contributed by atoms with E-state index < -0.39 is 5.97 Å². The Hall–Kier alpha value is -1.65. The molecule has 0 aromatic heterocycles. The Morgan fingerprint density at radius 2 is 1.06 bits per heavy atom. The average Bonchev–Trinajstić information content (AvgIpc) is 2.30. The van der Waals surface area contributed by atoms with Gasteiger partial charge >= 0.3 is 0 Å². The zero-order valence-corrected chi connectivity index (χ0v) is 9.81. The standard InChI is InChI=1S/C11H15N3O3/c1-11(15-8-2-5-12,16-9-3-6-13)17-10-4-7-14/h2-4,8-10H2,1H3. The van der Waals surface area contributed by atoms with Crippen LogP contribution in [0.25, 0.3) is 0 Å². The summed E-state index contributed by atoms with van der Waals surface area (Å²) in [6.45, 7) is 2.07. The minimum absolute atomic E-state index is 0.173. The van der Waals surface area contributed by atoms with E-state index in [-0.39, 0.29) is 39.1 Å². The van der Waals surface area contributed by atoms with Gasteiger partial charge in [0.15, 0.2) is 0 Å². The molecule has 0 aromatic rings. The average molecular weight is 237 g/mol. The van der Waals surface area contributed by atoms with Gasteiger partial charge in [0.05, 0.1) is 57.3 Å². The molecule has 0 atom stereocenters. The van der Waals surface area contributed by atoms with Crippen molar-refractivity contribution in [3.63, 3.8) is 0 Å². The lowest BCUT2D eigenvalue weighted by atomic mass is 10.4. The van der Waals surface area contributed by atoms with Crippen LogP contribution in [0.5, 0.6) is 0 Å². The highest BCUT2D eigenvalue weighted by atomic mass is 16.9. The van der Waals surface area contributed by atoms with E-state index in [2.05, 4.69) is 0 Å². The van der Waals surface area contributed by atoms with E-state index in [1.807, 2.05) is 18.2 Å². The number of rotatable bonds is 9. The maximum absolute atomic E-state index is 8.39. The molecule has 6 heteroatoms. The van der Waals surface area contributed by atoms with Gasteiger partial charge < -0.3 is 14.2 Å². The van der Waals surface area contributed by atoms with Crippen molar-refractivity contribution in [3.05, 3.63) is 0 Å². The highest BCUT2D eigenvalue weighted by Crippen LogP contribution is 2.15. The normalized spacial score (nSPS) is 10.2. The smallest absolute Gasteiger partial charge is 0.279 e. The second-order valence-corrected chi connectivity index (χ2v) is 3.13. The summed E-state index contributed by atoms with van der Waals surface area (Å²) in [6.07, 6.45) is 0.663. The van der Waals surface area contributed by atoms with Crippen molar-refractivity contribution >= 4 is 0 Å². The van der Waals surface area contributed by atoms with E-state index in [0.717, 1.165) is 0 Å². The van der Waals surface area contributed by atoms with Gasteiger partial charge in [0.1, 0.15) is 0 Å². The zero-order chi connectivity index (χ0) is 13.0. The Balaban J connectivity index is 4.11. The summed E-state index contributed by atoms with van der Waals surface area (Å²) < 4.78 is 15.8. The van der Waals surface area contributed by atoms with Crippen molar-refractivity contribution in [2.24, 2.45) is 0 Å². The summed E-state index contributed by atoms with van der Waals surface area (Å²) >= 11 is 0. The fraction of sp³-hybridized carbons (Fsp3) is 0.727. The van der Waals surface area contributed by atoms with Crippen LogP contribution >= 0.6 is 0 Å². The van der Waals surface area contributed by atoms with Crippen molar-refractivity contribution < 1.29 is 14.2 Å².